The zero-order valence-electron chi connectivity index (χ0n) is 25.1. The number of benzene rings is 4. The summed E-state index contributed by atoms with van der Waals surface area (Å²) in [5.74, 6) is 1.02. The third-order valence-electron chi connectivity index (χ3n) is 7.60. The molecule has 0 amide bonds. The van der Waals surface area contributed by atoms with Gasteiger partial charge in [-0.15, -0.1) is 40.1 Å². The van der Waals surface area contributed by atoms with Crippen molar-refractivity contribution in [2.24, 2.45) is 0 Å². The van der Waals surface area contributed by atoms with E-state index in [2.05, 4.69) is 139 Å². The molecule has 0 spiro atoms. The Labute approximate surface area is 268 Å². The van der Waals surface area contributed by atoms with E-state index in [1.165, 1.54) is 60.1 Å². The Hall–Kier alpha value is -1.83. The van der Waals surface area contributed by atoms with Gasteiger partial charge in [-0.05, 0) is 28.4 Å². The van der Waals surface area contributed by atoms with Crippen LogP contribution in [0.4, 0.5) is 0 Å². The molecule has 2 radical (unpaired) electrons. The van der Waals surface area contributed by atoms with Gasteiger partial charge in [0.25, 0.3) is 0 Å². The summed E-state index contributed by atoms with van der Waals surface area (Å²) in [6.07, 6.45) is 0. The van der Waals surface area contributed by atoms with Gasteiger partial charge >= 0.3 is 37.9 Å². The molecule has 0 bridgehead atoms. The number of rotatable bonds is 3. The minimum absolute atomic E-state index is 0.172. The molecule has 0 aromatic heterocycles. The summed E-state index contributed by atoms with van der Waals surface area (Å²) in [5.41, 5.74) is 10.1. The Morgan fingerprint density at radius 3 is 2.02 bits per heavy atom. The standard InChI is InChI=1S/C25H31.C12H7Si.2ClH.Zr/c1-16(2)20-10-8-9-11-22(20)24-21(17(3)4)13-12-18-14-19(15-23(18)24)25(5,6)7;1-3-7-11-9(5-1)10-6-2-4-8-12(10)13-11;;;/h8-17H,1-7H3;1-7H;2*1H;/q2*-1;;;+4/p-2. The summed E-state index contributed by atoms with van der Waals surface area (Å²) in [5, 5.41) is 5.59. The zero-order valence-corrected chi connectivity index (χ0v) is 30.0. The molecule has 0 saturated carbocycles. The van der Waals surface area contributed by atoms with Crippen LogP contribution < -0.4 is 10.4 Å². The molecule has 1 aliphatic heterocycles. The second-order valence-corrected chi connectivity index (χ2v) is 17.1. The first-order valence-electron chi connectivity index (χ1n) is 14.2. The van der Waals surface area contributed by atoms with Crippen molar-refractivity contribution in [3.8, 4) is 22.3 Å². The molecule has 0 saturated heterocycles. The van der Waals surface area contributed by atoms with E-state index in [9.17, 15) is 0 Å². The fraction of sp³-hybridized carbons (Fsp3) is 0.270. The molecule has 0 N–H and O–H groups in total. The van der Waals surface area contributed by atoms with E-state index >= 15 is 0 Å². The van der Waals surface area contributed by atoms with Crippen LogP contribution in [0.25, 0.3) is 33.0 Å². The summed E-state index contributed by atoms with van der Waals surface area (Å²) in [4.78, 5) is 0. The third kappa shape index (κ3) is 7.40. The molecular formula is C37H38Cl2SiZr. The van der Waals surface area contributed by atoms with Crippen LogP contribution >= 0.6 is 17.0 Å². The van der Waals surface area contributed by atoms with Crippen LogP contribution in [-0.4, -0.2) is 9.52 Å². The van der Waals surface area contributed by atoms with Gasteiger partial charge in [-0.3, -0.25) is 0 Å². The van der Waals surface area contributed by atoms with Crippen LogP contribution in [0.5, 0.6) is 0 Å². The molecule has 0 nitrogen and oxygen atoms in total. The quantitative estimate of drug-likeness (QED) is 0.130. The van der Waals surface area contributed by atoms with Crippen LogP contribution in [-0.2, 0) is 26.3 Å². The molecule has 41 heavy (non-hydrogen) atoms. The summed E-state index contributed by atoms with van der Waals surface area (Å²) in [6, 6.07) is 36.6. The van der Waals surface area contributed by atoms with Gasteiger partial charge in [-0.2, -0.15) is 35.5 Å². The van der Waals surface area contributed by atoms with Gasteiger partial charge in [0.05, 0.1) is 9.52 Å². The molecule has 5 aromatic rings. The van der Waals surface area contributed by atoms with Gasteiger partial charge in [0.2, 0.25) is 0 Å². The van der Waals surface area contributed by atoms with Gasteiger partial charge in [0, 0.05) is 0 Å². The predicted molar refractivity (Wildman–Crippen MR) is 179 cm³/mol. The molecule has 5 aromatic carbocycles. The second-order valence-electron chi connectivity index (χ2n) is 12.1. The Kier molecular flexibility index (Phi) is 11.0. The van der Waals surface area contributed by atoms with Gasteiger partial charge in [-0.1, -0.05) is 119 Å². The van der Waals surface area contributed by atoms with Crippen LogP contribution in [0.3, 0.4) is 0 Å². The Morgan fingerprint density at radius 1 is 0.756 bits per heavy atom. The van der Waals surface area contributed by atoms with Crippen LogP contribution in [0.15, 0.2) is 91.0 Å². The number of hydrogen-bond donors (Lipinski definition) is 0. The van der Waals surface area contributed by atoms with Crippen LogP contribution in [0, 0.1) is 6.07 Å². The van der Waals surface area contributed by atoms with Crippen molar-refractivity contribution in [3.05, 3.63) is 114 Å². The molecule has 1 heterocycles. The molecule has 4 heteroatoms. The number of hydrogen-bond acceptors (Lipinski definition) is 0. The maximum absolute atomic E-state index is 4.93. The second kappa shape index (κ2) is 14.1. The fourth-order valence-corrected chi connectivity index (χ4v) is 6.78. The van der Waals surface area contributed by atoms with Gasteiger partial charge in [0.1, 0.15) is 0 Å². The largest absolute Gasteiger partial charge is 0.184 e. The van der Waals surface area contributed by atoms with E-state index in [-0.39, 0.29) is 5.41 Å². The average Bonchev–Trinajstić information content (AvgIpc) is 3.55. The normalized spacial score (nSPS) is 11.8. The number of fused-ring (bicyclic) bond motifs is 4. The topological polar surface area (TPSA) is 0 Å². The maximum atomic E-state index is 4.93. The monoisotopic (exact) mass is 670 g/mol. The van der Waals surface area contributed by atoms with Gasteiger partial charge in [0.15, 0.2) is 0 Å². The molecule has 208 valence electrons. The van der Waals surface area contributed by atoms with Gasteiger partial charge in [-0.25, -0.2) is 0 Å². The van der Waals surface area contributed by atoms with E-state index < -0.39 is 20.8 Å². The summed E-state index contributed by atoms with van der Waals surface area (Å²) in [7, 11) is 10.7. The Balaban J connectivity index is 0.000000200. The van der Waals surface area contributed by atoms with E-state index in [4.69, 9.17) is 17.0 Å². The van der Waals surface area contributed by atoms with E-state index in [0.29, 0.717) is 11.8 Å². The van der Waals surface area contributed by atoms with Crippen molar-refractivity contribution >= 4 is 47.7 Å². The summed E-state index contributed by atoms with van der Waals surface area (Å²) in [6.45, 7) is 16.1. The van der Waals surface area contributed by atoms with Crippen LogP contribution in [0.1, 0.15) is 77.0 Å². The van der Waals surface area contributed by atoms with Crippen LogP contribution in [0.2, 0.25) is 0 Å². The molecule has 0 aliphatic carbocycles. The number of halogens is 2. The maximum Gasteiger partial charge on any atom is 0.0920 e. The Bertz CT molecular complexity index is 1560. The van der Waals surface area contributed by atoms with Crippen molar-refractivity contribution in [2.75, 3.05) is 0 Å². The molecule has 6 rings (SSSR count). The predicted octanol–water partition coefficient (Wildman–Crippen LogP) is 10.3. The van der Waals surface area contributed by atoms with Crippen molar-refractivity contribution in [1.29, 1.82) is 0 Å². The molecule has 0 atom stereocenters. The third-order valence-corrected chi connectivity index (χ3v) is 8.96. The Morgan fingerprint density at radius 2 is 1.37 bits per heavy atom. The SMILES string of the molecule is CC(C)c1ccccc1-c1c(C(C)C)ccc2[cH-]c(C(C)(C)C)cc12.[Cl][Zr+2][Cl].[c-]1cccc2c1[Si]c1ccccc1-2. The van der Waals surface area contributed by atoms with E-state index in [0.717, 1.165) is 9.52 Å². The molecule has 0 unspecified atom stereocenters. The average molecular weight is 673 g/mol. The first-order chi connectivity index (χ1) is 19.6. The van der Waals surface area contributed by atoms with Crippen molar-refractivity contribution in [1.82, 2.24) is 0 Å². The summed E-state index contributed by atoms with van der Waals surface area (Å²) >= 11 is -0.826. The smallest absolute Gasteiger partial charge is 0.0920 e. The molecule has 1 aliphatic rings. The van der Waals surface area contributed by atoms with E-state index in [1.54, 1.807) is 0 Å². The molecular weight excluding hydrogens is 635 g/mol. The summed E-state index contributed by atoms with van der Waals surface area (Å²) < 4.78 is 0. The molecule has 0 fully saturated rings. The first kappa shape index (κ1) is 32.1. The fourth-order valence-electron chi connectivity index (χ4n) is 5.47. The van der Waals surface area contributed by atoms with Crippen molar-refractivity contribution in [2.45, 2.75) is 65.7 Å². The minimum atomic E-state index is -0.826. The van der Waals surface area contributed by atoms with Gasteiger partial charge < -0.3 is 0 Å². The zero-order chi connectivity index (χ0) is 29.7. The first-order valence-corrected chi connectivity index (χ1v) is 21.6. The minimum Gasteiger partial charge on any atom is -0.184 e. The van der Waals surface area contributed by atoms with Crippen molar-refractivity contribution < 1.29 is 20.8 Å². The van der Waals surface area contributed by atoms with Crippen molar-refractivity contribution in [3.63, 3.8) is 0 Å². The van der Waals surface area contributed by atoms with E-state index in [1.807, 2.05) is 6.07 Å².